The Labute approximate surface area is 135 Å². The average molecular weight is 316 g/mol. The van der Waals surface area contributed by atoms with Gasteiger partial charge in [0.05, 0.1) is 6.20 Å². The van der Waals surface area contributed by atoms with Crippen molar-refractivity contribution in [2.45, 2.75) is 25.3 Å². The highest BCUT2D eigenvalue weighted by Gasteiger charge is 2.16. The second-order valence-electron chi connectivity index (χ2n) is 5.84. The maximum Gasteiger partial charge on any atom is 0.138 e. The standard InChI is InChI=1S/C18H21FN2O2/c19-16-7-13(2-1-5-22)6-14(8-16)15-9-18(11-20-10-15)23-12-17-3-4-21-17/h6-11,17,21-22H,1-5,12H2/t17-/m0/s1. The molecule has 2 aromatic rings. The molecule has 23 heavy (non-hydrogen) atoms. The molecular weight excluding hydrogens is 295 g/mol. The van der Waals surface area contributed by atoms with E-state index in [0.717, 1.165) is 29.7 Å². The first-order chi connectivity index (χ1) is 11.2. The van der Waals surface area contributed by atoms with E-state index >= 15 is 0 Å². The number of nitrogens with one attached hydrogen (secondary N) is 1. The third kappa shape index (κ3) is 4.27. The number of pyridine rings is 1. The summed E-state index contributed by atoms with van der Waals surface area (Å²) in [7, 11) is 0. The number of hydrogen-bond acceptors (Lipinski definition) is 4. The molecule has 0 unspecified atom stereocenters. The first kappa shape index (κ1) is 15.9. The van der Waals surface area contributed by atoms with E-state index in [1.165, 1.54) is 12.1 Å². The van der Waals surface area contributed by atoms with Gasteiger partial charge in [-0.05, 0) is 55.1 Å². The van der Waals surface area contributed by atoms with E-state index in [2.05, 4.69) is 10.3 Å². The van der Waals surface area contributed by atoms with Crippen LogP contribution in [0.5, 0.6) is 5.75 Å². The highest BCUT2D eigenvalue weighted by atomic mass is 19.1. The molecule has 5 heteroatoms. The number of rotatable bonds is 7. The normalized spacial score (nSPS) is 16.9. The van der Waals surface area contributed by atoms with Gasteiger partial charge in [-0.15, -0.1) is 0 Å². The number of aliphatic hydroxyl groups excluding tert-OH is 1. The Balaban J connectivity index is 1.75. The predicted molar refractivity (Wildman–Crippen MR) is 86.9 cm³/mol. The van der Waals surface area contributed by atoms with Crippen LogP contribution in [0.1, 0.15) is 18.4 Å². The fourth-order valence-corrected chi connectivity index (χ4v) is 2.59. The summed E-state index contributed by atoms with van der Waals surface area (Å²) in [6.07, 6.45) is 5.79. The molecule has 1 fully saturated rings. The van der Waals surface area contributed by atoms with Crippen LogP contribution in [0.25, 0.3) is 11.1 Å². The summed E-state index contributed by atoms with van der Waals surface area (Å²) in [5, 5.41) is 12.2. The SMILES string of the molecule is OCCCc1cc(F)cc(-c2cncc(OC[C@@H]3CCN3)c2)c1. The quantitative estimate of drug-likeness (QED) is 0.824. The molecule has 1 saturated heterocycles. The molecule has 3 rings (SSSR count). The molecule has 0 radical (unpaired) electrons. The van der Waals surface area contributed by atoms with Crippen LogP contribution >= 0.6 is 0 Å². The fraction of sp³-hybridized carbons (Fsp3) is 0.389. The van der Waals surface area contributed by atoms with Gasteiger partial charge in [-0.25, -0.2) is 4.39 Å². The lowest BCUT2D eigenvalue weighted by Crippen LogP contribution is -2.46. The maximum atomic E-state index is 13.8. The number of aliphatic hydroxyl groups is 1. The van der Waals surface area contributed by atoms with Gasteiger partial charge < -0.3 is 15.2 Å². The van der Waals surface area contributed by atoms with Crippen molar-refractivity contribution in [1.29, 1.82) is 0 Å². The predicted octanol–water partition coefficient (Wildman–Crippen LogP) is 2.55. The third-order valence-corrected chi connectivity index (χ3v) is 4.00. The molecule has 0 aliphatic carbocycles. The Bertz CT molecular complexity index is 659. The number of hydrogen-bond donors (Lipinski definition) is 2. The van der Waals surface area contributed by atoms with Crippen molar-refractivity contribution < 1.29 is 14.2 Å². The van der Waals surface area contributed by atoms with E-state index in [1.807, 2.05) is 12.1 Å². The monoisotopic (exact) mass is 316 g/mol. The molecule has 2 heterocycles. The fourth-order valence-electron chi connectivity index (χ4n) is 2.59. The number of aromatic nitrogens is 1. The zero-order valence-electron chi connectivity index (χ0n) is 13.0. The smallest absolute Gasteiger partial charge is 0.138 e. The third-order valence-electron chi connectivity index (χ3n) is 4.00. The number of halogens is 1. The van der Waals surface area contributed by atoms with Gasteiger partial charge in [0.2, 0.25) is 0 Å². The van der Waals surface area contributed by atoms with Gasteiger partial charge in [-0.1, -0.05) is 6.07 Å². The molecule has 1 aromatic heterocycles. The highest BCUT2D eigenvalue weighted by Crippen LogP contribution is 2.25. The summed E-state index contributed by atoms with van der Waals surface area (Å²) in [6, 6.07) is 7.24. The highest BCUT2D eigenvalue weighted by molar-refractivity contribution is 5.64. The summed E-state index contributed by atoms with van der Waals surface area (Å²) >= 11 is 0. The number of aryl methyl sites for hydroxylation is 1. The van der Waals surface area contributed by atoms with Crippen molar-refractivity contribution in [3.8, 4) is 16.9 Å². The molecule has 122 valence electrons. The molecule has 1 aliphatic heterocycles. The van der Waals surface area contributed by atoms with Crippen LogP contribution in [0.4, 0.5) is 4.39 Å². The first-order valence-corrected chi connectivity index (χ1v) is 7.96. The summed E-state index contributed by atoms with van der Waals surface area (Å²) in [4.78, 5) is 4.20. The number of nitrogens with zero attached hydrogens (tertiary/aromatic N) is 1. The van der Waals surface area contributed by atoms with Gasteiger partial charge in [0.25, 0.3) is 0 Å². The summed E-state index contributed by atoms with van der Waals surface area (Å²) in [5.41, 5.74) is 2.48. The Hall–Kier alpha value is -1.98. The van der Waals surface area contributed by atoms with Crippen LogP contribution in [0.3, 0.4) is 0 Å². The minimum atomic E-state index is -0.277. The molecule has 2 N–H and O–H groups in total. The topological polar surface area (TPSA) is 54.4 Å². The zero-order chi connectivity index (χ0) is 16.1. The molecule has 0 saturated carbocycles. The Morgan fingerprint density at radius 2 is 2.09 bits per heavy atom. The lowest BCUT2D eigenvalue weighted by Gasteiger charge is -2.27. The van der Waals surface area contributed by atoms with Gasteiger partial charge in [0.1, 0.15) is 18.2 Å². The Kier molecular flexibility index (Phi) is 5.20. The van der Waals surface area contributed by atoms with Crippen molar-refractivity contribution in [1.82, 2.24) is 10.3 Å². The van der Waals surface area contributed by atoms with E-state index in [-0.39, 0.29) is 12.4 Å². The van der Waals surface area contributed by atoms with Gasteiger partial charge in [-0.2, -0.15) is 0 Å². The van der Waals surface area contributed by atoms with Crippen molar-refractivity contribution in [2.75, 3.05) is 19.8 Å². The van der Waals surface area contributed by atoms with Crippen LogP contribution in [-0.4, -0.2) is 35.9 Å². The Morgan fingerprint density at radius 3 is 2.83 bits per heavy atom. The minimum Gasteiger partial charge on any atom is -0.490 e. The zero-order valence-corrected chi connectivity index (χ0v) is 13.0. The molecule has 0 amide bonds. The molecule has 0 bridgehead atoms. The summed E-state index contributed by atoms with van der Waals surface area (Å²) in [5.74, 6) is 0.415. The van der Waals surface area contributed by atoms with Crippen LogP contribution in [0.15, 0.2) is 36.7 Å². The second-order valence-corrected chi connectivity index (χ2v) is 5.84. The molecule has 0 spiro atoms. The van der Waals surface area contributed by atoms with E-state index in [1.54, 1.807) is 12.4 Å². The van der Waals surface area contributed by atoms with Gasteiger partial charge in [0.15, 0.2) is 0 Å². The summed E-state index contributed by atoms with van der Waals surface area (Å²) in [6.45, 7) is 1.77. The van der Waals surface area contributed by atoms with Crippen LogP contribution < -0.4 is 10.1 Å². The largest absolute Gasteiger partial charge is 0.490 e. The van der Waals surface area contributed by atoms with Crippen molar-refractivity contribution in [3.63, 3.8) is 0 Å². The van der Waals surface area contributed by atoms with Crippen molar-refractivity contribution >= 4 is 0 Å². The molecular formula is C18H21FN2O2. The summed E-state index contributed by atoms with van der Waals surface area (Å²) < 4.78 is 19.6. The molecule has 4 nitrogen and oxygen atoms in total. The molecule has 1 atom stereocenters. The van der Waals surface area contributed by atoms with E-state index in [4.69, 9.17) is 9.84 Å². The lowest BCUT2D eigenvalue weighted by molar-refractivity contribution is 0.217. The average Bonchev–Trinajstić information content (AvgIpc) is 2.51. The minimum absolute atomic E-state index is 0.103. The van der Waals surface area contributed by atoms with Crippen molar-refractivity contribution in [2.24, 2.45) is 0 Å². The van der Waals surface area contributed by atoms with E-state index in [9.17, 15) is 4.39 Å². The lowest BCUT2D eigenvalue weighted by atomic mass is 10.0. The van der Waals surface area contributed by atoms with Crippen LogP contribution in [0, 0.1) is 5.82 Å². The maximum absolute atomic E-state index is 13.8. The van der Waals surface area contributed by atoms with E-state index in [0.29, 0.717) is 31.2 Å². The van der Waals surface area contributed by atoms with Crippen LogP contribution in [-0.2, 0) is 6.42 Å². The van der Waals surface area contributed by atoms with Crippen LogP contribution in [0.2, 0.25) is 0 Å². The van der Waals surface area contributed by atoms with E-state index < -0.39 is 0 Å². The Morgan fingerprint density at radius 1 is 1.22 bits per heavy atom. The van der Waals surface area contributed by atoms with Gasteiger partial charge in [-0.3, -0.25) is 4.98 Å². The van der Waals surface area contributed by atoms with Gasteiger partial charge >= 0.3 is 0 Å². The van der Waals surface area contributed by atoms with Crippen molar-refractivity contribution in [3.05, 3.63) is 48.0 Å². The number of benzene rings is 1. The number of ether oxygens (including phenoxy) is 1. The first-order valence-electron chi connectivity index (χ1n) is 7.96. The molecule has 1 aromatic carbocycles. The molecule has 1 aliphatic rings. The second kappa shape index (κ2) is 7.53. The van der Waals surface area contributed by atoms with Gasteiger partial charge in [0, 0.05) is 24.4 Å².